The van der Waals surface area contributed by atoms with Crippen LogP contribution < -0.4 is 9.47 Å². The summed E-state index contributed by atoms with van der Waals surface area (Å²) in [5, 5.41) is 28.0. The quantitative estimate of drug-likeness (QED) is 0.335. The van der Waals surface area contributed by atoms with E-state index in [0.717, 1.165) is 29.2 Å². The number of aliphatic hydroxyl groups excluding tert-OH is 3. The van der Waals surface area contributed by atoms with E-state index >= 15 is 0 Å². The van der Waals surface area contributed by atoms with Gasteiger partial charge in [-0.1, -0.05) is 0 Å². The van der Waals surface area contributed by atoms with Crippen molar-refractivity contribution >= 4 is 0 Å². The zero-order valence-corrected chi connectivity index (χ0v) is 21.7. The van der Waals surface area contributed by atoms with E-state index in [9.17, 15) is 19.0 Å². The number of hydrogen-bond donors (Lipinski definition) is 3. The van der Waals surface area contributed by atoms with Gasteiger partial charge in [0.05, 0.1) is 19.3 Å². The van der Waals surface area contributed by atoms with Crippen LogP contribution in [0.1, 0.15) is 40.2 Å². The third-order valence-electron chi connectivity index (χ3n) is 8.14. The molecule has 206 valence electrons. The maximum Gasteiger partial charge on any atom is 0.213 e. The summed E-state index contributed by atoms with van der Waals surface area (Å²) in [7, 11) is 0. The number of rotatable bonds is 10. The van der Waals surface area contributed by atoms with Gasteiger partial charge in [0, 0.05) is 41.8 Å². The number of benzene rings is 2. The molecular weight excluding hydrogens is 508 g/mol. The molecule has 1 aromatic heterocycles. The predicted molar refractivity (Wildman–Crippen MR) is 137 cm³/mol. The number of hydrogen-bond acceptors (Lipinski definition) is 7. The number of aliphatic hydroxyl groups is 3. The van der Waals surface area contributed by atoms with Gasteiger partial charge >= 0.3 is 0 Å². The zero-order valence-electron chi connectivity index (χ0n) is 21.7. The molecule has 6 rings (SSSR count). The molecule has 3 aromatic rings. The number of aryl methyl sites for hydroxylation is 2. The SMILES string of the molecule is Cc1cc(OCC[C@H](O)CO)cc(C)c1-c1cc(COc2cc3c(cn2)[C@H]2[C@@H](C3)[C@@H]2[C@H]2OC2O)c(F)cc1F. The van der Waals surface area contributed by atoms with Gasteiger partial charge in [-0.15, -0.1) is 0 Å². The van der Waals surface area contributed by atoms with Gasteiger partial charge in [0.25, 0.3) is 0 Å². The first kappa shape index (κ1) is 26.1. The molecule has 1 aliphatic heterocycles. The number of pyridine rings is 1. The van der Waals surface area contributed by atoms with Crippen molar-refractivity contribution in [3.63, 3.8) is 0 Å². The standard InChI is InChI=1S/C30H31F2NO6/c1-14-5-19(37-4-3-18(35)12-34)6-15(2)26(14)20-8-17(23(31)10-24(20)32)13-38-25-9-16-7-21-27(22(16)11-33-25)28(21)29-30(36)39-29/h5-6,8-11,18,21,27-30,34-36H,3-4,7,12-13H2,1-2H3/t18-,21+,27+,28-,29+,30?/m0/s1. The largest absolute Gasteiger partial charge is 0.493 e. The number of aromatic nitrogens is 1. The highest BCUT2D eigenvalue weighted by Crippen LogP contribution is 2.65. The first-order chi connectivity index (χ1) is 18.7. The lowest BCUT2D eigenvalue weighted by atomic mass is 9.93. The highest BCUT2D eigenvalue weighted by atomic mass is 19.1. The van der Waals surface area contributed by atoms with Gasteiger partial charge < -0.3 is 29.5 Å². The summed E-state index contributed by atoms with van der Waals surface area (Å²) in [6, 6.07) is 7.79. The van der Waals surface area contributed by atoms with Gasteiger partial charge in [0.1, 0.15) is 30.1 Å². The lowest BCUT2D eigenvalue weighted by Crippen LogP contribution is -2.15. The van der Waals surface area contributed by atoms with Crippen molar-refractivity contribution in [3.8, 4) is 22.8 Å². The maximum absolute atomic E-state index is 15.0. The van der Waals surface area contributed by atoms with Crippen LogP contribution in [0.4, 0.5) is 8.78 Å². The van der Waals surface area contributed by atoms with E-state index in [1.807, 2.05) is 19.9 Å². The summed E-state index contributed by atoms with van der Waals surface area (Å²) in [6.07, 6.45) is 1.44. The van der Waals surface area contributed by atoms with E-state index in [4.69, 9.17) is 19.3 Å². The molecule has 0 amide bonds. The van der Waals surface area contributed by atoms with Crippen LogP contribution in [0.25, 0.3) is 11.1 Å². The van der Waals surface area contributed by atoms with Crippen LogP contribution in [0.5, 0.6) is 11.6 Å². The van der Waals surface area contributed by atoms with Gasteiger partial charge in [-0.25, -0.2) is 13.8 Å². The molecule has 1 saturated heterocycles. The molecule has 2 aromatic carbocycles. The summed E-state index contributed by atoms with van der Waals surface area (Å²) < 4.78 is 46.5. The minimum absolute atomic E-state index is 0.0541. The van der Waals surface area contributed by atoms with Crippen molar-refractivity contribution in [1.82, 2.24) is 4.98 Å². The average Bonchev–Trinajstić information content (AvgIpc) is 3.76. The fourth-order valence-corrected chi connectivity index (χ4v) is 6.13. The van der Waals surface area contributed by atoms with E-state index in [1.165, 1.54) is 11.6 Å². The summed E-state index contributed by atoms with van der Waals surface area (Å²) in [5.41, 5.74) is 4.96. The summed E-state index contributed by atoms with van der Waals surface area (Å²) in [6.45, 7) is 3.45. The highest BCUT2D eigenvalue weighted by molar-refractivity contribution is 5.73. The van der Waals surface area contributed by atoms with Crippen LogP contribution >= 0.6 is 0 Å². The van der Waals surface area contributed by atoms with Crippen LogP contribution in [0, 0.1) is 37.3 Å². The second-order valence-electron chi connectivity index (χ2n) is 10.8. The van der Waals surface area contributed by atoms with Crippen molar-refractivity contribution in [2.24, 2.45) is 11.8 Å². The number of halogens is 2. The topological polar surface area (TPSA) is 105 Å². The van der Waals surface area contributed by atoms with E-state index in [0.29, 0.717) is 34.9 Å². The molecule has 1 saturated carbocycles. The molecule has 0 bridgehead atoms. The first-order valence-electron chi connectivity index (χ1n) is 13.2. The Morgan fingerprint density at radius 3 is 2.51 bits per heavy atom. The third kappa shape index (κ3) is 5.00. The van der Waals surface area contributed by atoms with Crippen LogP contribution in [-0.2, 0) is 17.8 Å². The van der Waals surface area contributed by atoms with Gasteiger partial charge in [0.2, 0.25) is 5.88 Å². The average molecular weight is 540 g/mol. The minimum Gasteiger partial charge on any atom is -0.493 e. The Hall–Kier alpha value is -3.11. The predicted octanol–water partition coefficient (Wildman–Crippen LogP) is 3.95. The van der Waals surface area contributed by atoms with Crippen molar-refractivity contribution < 1.29 is 38.3 Å². The molecule has 6 atom stereocenters. The molecule has 2 fully saturated rings. The molecule has 3 aliphatic rings. The molecule has 9 heteroatoms. The van der Waals surface area contributed by atoms with E-state index in [-0.39, 0.29) is 43.5 Å². The van der Waals surface area contributed by atoms with Crippen molar-refractivity contribution in [3.05, 3.63) is 76.0 Å². The second-order valence-corrected chi connectivity index (χ2v) is 10.8. The third-order valence-corrected chi connectivity index (χ3v) is 8.14. The van der Waals surface area contributed by atoms with Gasteiger partial charge in [-0.2, -0.15) is 0 Å². The number of epoxide rings is 1. The number of nitrogens with zero attached hydrogens (tertiary/aromatic N) is 1. The Kier molecular flexibility index (Phi) is 6.79. The molecule has 39 heavy (non-hydrogen) atoms. The monoisotopic (exact) mass is 539 g/mol. The highest BCUT2D eigenvalue weighted by Gasteiger charge is 2.65. The number of fused-ring (bicyclic) bond motifs is 3. The van der Waals surface area contributed by atoms with E-state index < -0.39 is 24.0 Å². The Morgan fingerprint density at radius 2 is 1.82 bits per heavy atom. The molecular formula is C30H31F2NO6. The first-order valence-corrected chi connectivity index (χ1v) is 13.2. The maximum atomic E-state index is 15.0. The van der Waals surface area contributed by atoms with Gasteiger partial charge in [-0.3, -0.25) is 0 Å². The molecule has 0 radical (unpaired) electrons. The molecule has 1 unspecified atom stereocenters. The number of ether oxygens (including phenoxy) is 3. The lowest BCUT2D eigenvalue weighted by molar-refractivity contribution is 0.0754. The van der Waals surface area contributed by atoms with Gasteiger partial charge in [0.15, 0.2) is 6.29 Å². The second kappa shape index (κ2) is 10.1. The van der Waals surface area contributed by atoms with Crippen LogP contribution in [0.2, 0.25) is 0 Å². The van der Waals surface area contributed by atoms with Crippen molar-refractivity contribution in [2.75, 3.05) is 13.2 Å². The summed E-state index contributed by atoms with van der Waals surface area (Å²) in [4.78, 5) is 4.42. The fraction of sp³-hybridized carbons (Fsp3) is 0.433. The Bertz CT molecular complexity index is 1390. The van der Waals surface area contributed by atoms with E-state index in [1.54, 1.807) is 18.3 Å². The molecule has 7 nitrogen and oxygen atoms in total. The van der Waals surface area contributed by atoms with Crippen LogP contribution in [0.15, 0.2) is 36.5 Å². The molecule has 2 heterocycles. The van der Waals surface area contributed by atoms with Crippen molar-refractivity contribution in [2.45, 2.75) is 57.7 Å². The molecule has 2 aliphatic carbocycles. The smallest absolute Gasteiger partial charge is 0.213 e. The molecule has 0 spiro atoms. The Morgan fingerprint density at radius 1 is 1.08 bits per heavy atom. The van der Waals surface area contributed by atoms with Crippen LogP contribution in [-0.4, -0.2) is 52.0 Å². The molecule has 3 N–H and O–H groups in total. The zero-order chi connectivity index (χ0) is 27.4. The summed E-state index contributed by atoms with van der Waals surface area (Å²) >= 11 is 0. The Labute approximate surface area is 225 Å². The Balaban J connectivity index is 1.16. The van der Waals surface area contributed by atoms with Crippen LogP contribution in [0.3, 0.4) is 0 Å². The van der Waals surface area contributed by atoms with Gasteiger partial charge in [-0.05, 0) is 78.1 Å². The van der Waals surface area contributed by atoms with E-state index in [2.05, 4.69) is 4.98 Å². The minimum atomic E-state index is -0.845. The van der Waals surface area contributed by atoms with Crippen molar-refractivity contribution in [1.29, 1.82) is 0 Å². The fourth-order valence-electron chi connectivity index (χ4n) is 6.13. The summed E-state index contributed by atoms with van der Waals surface area (Å²) in [5.74, 6) is 0.790. The lowest BCUT2D eigenvalue weighted by Gasteiger charge is -2.16. The normalized spacial score (nSPS) is 25.2.